The summed E-state index contributed by atoms with van der Waals surface area (Å²) >= 11 is 18.8. The zero-order valence-electron chi connectivity index (χ0n) is 9.92. The molecule has 0 unspecified atom stereocenters. The Balaban J connectivity index is -0.0000000331. The van der Waals surface area contributed by atoms with Gasteiger partial charge in [0.25, 0.3) is 0 Å². The van der Waals surface area contributed by atoms with Crippen molar-refractivity contribution in [3.8, 4) is 0 Å². The van der Waals surface area contributed by atoms with E-state index in [9.17, 15) is 0 Å². The summed E-state index contributed by atoms with van der Waals surface area (Å²) in [6, 6.07) is 0. The van der Waals surface area contributed by atoms with Gasteiger partial charge in [-0.3, -0.25) is 0 Å². The van der Waals surface area contributed by atoms with Crippen LogP contribution in [0.4, 0.5) is 24.0 Å². The molecule has 21 heavy (non-hydrogen) atoms. The first-order valence-electron chi connectivity index (χ1n) is 3.48. The van der Waals surface area contributed by atoms with Gasteiger partial charge in [0.1, 0.15) is 0 Å². The van der Waals surface area contributed by atoms with E-state index in [1.807, 2.05) is 0 Å². The van der Waals surface area contributed by atoms with E-state index in [0.717, 1.165) is 0 Å². The molecule has 0 aromatic heterocycles. The minimum Gasteiger partial charge on any atom is -0.719 e. The molecule has 0 spiro atoms. The summed E-state index contributed by atoms with van der Waals surface area (Å²) in [6.45, 7) is 0. The molecular weight excluding hydrogens is 551 g/mol. The van der Waals surface area contributed by atoms with E-state index in [0.29, 0.717) is 0 Å². The minimum atomic E-state index is -0.750. The molecule has 120 valence electrons. The van der Waals surface area contributed by atoms with Crippen LogP contribution in [0.2, 0.25) is 0 Å². The van der Waals surface area contributed by atoms with Crippen molar-refractivity contribution in [1.29, 1.82) is 0 Å². The topological polar surface area (TPSA) is 215 Å². The molecule has 0 heterocycles. The van der Waals surface area contributed by atoms with Crippen molar-refractivity contribution in [2.75, 3.05) is 0 Å². The van der Waals surface area contributed by atoms with Gasteiger partial charge < -0.3 is 116 Å². The minimum absolute atomic E-state index is 0. The maximum Gasteiger partial charge on any atom is 5.00 e. The monoisotopic (exact) mass is 561 g/mol. The third-order valence-corrected chi connectivity index (χ3v) is 0. The number of hydrogen-bond donors (Lipinski definition) is 5. The molecule has 0 aliphatic heterocycles. The molecule has 10 N–H and O–H groups in total. The molecule has 0 saturated heterocycles. The molecular formula is C5H10N5O5S5Ta. The summed E-state index contributed by atoms with van der Waals surface area (Å²) < 4.78 is 0. The van der Waals surface area contributed by atoms with Crippen molar-refractivity contribution in [2.45, 2.75) is 0 Å². The summed E-state index contributed by atoms with van der Waals surface area (Å²) in [5.41, 5.74) is 21.4. The number of carbonyl (C=O) groups excluding carboxylic acids is 5. The van der Waals surface area contributed by atoms with Gasteiger partial charge in [-0.25, -0.2) is 0 Å². The number of amides is 5. The summed E-state index contributed by atoms with van der Waals surface area (Å²) in [7, 11) is 0. The fourth-order valence-corrected chi connectivity index (χ4v) is 0. The maximum atomic E-state index is 9.04. The molecule has 0 fully saturated rings. The van der Waals surface area contributed by atoms with Crippen LogP contribution in [0.25, 0.3) is 0 Å². The molecule has 0 aliphatic rings. The van der Waals surface area contributed by atoms with Crippen molar-refractivity contribution >= 4 is 89.3 Å². The summed E-state index contributed by atoms with van der Waals surface area (Å²) in [5.74, 6) is 0. The van der Waals surface area contributed by atoms with Crippen LogP contribution in [0.1, 0.15) is 0 Å². The van der Waals surface area contributed by atoms with Crippen LogP contribution >= 0.6 is 0 Å². The molecule has 0 aromatic rings. The van der Waals surface area contributed by atoms with Crippen molar-refractivity contribution in [3.05, 3.63) is 0 Å². The molecule has 0 rings (SSSR count). The number of primary amides is 5. The Morgan fingerprint density at radius 3 is 0.429 bits per heavy atom. The number of hydrogen-bond acceptors (Lipinski definition) is 10. The third-order valence-electron chi connectivity index (χ3n) is 0. The van der Waals surface area contributed by atoms with Crippen LogP contribution in [0.3, 0.4) is 0 Å². The van der Waals surface area contributed by atoms with E-state index in [-0.39, 0.29) is 22.4 Å². The summed E-state index contributed by atoms with van der Waals surface area (Å²) in [5, 5.41) is -3.75. The average molecular weight is 561 g/mol. The van der Waals surface area contributed by atoms with Crippen molar-refractivity contribution in [1.82, 2.24) is 0 Å². The van der Waals surface area contributed by atoms with Crippen LogP contribution in [-0.4, -0.2) is 26.2 Å². The van der Waals surface area contributed by atoms with Crippen LogP contribution < -0.4 is 28.7 Å². The van der Waals surface area contributed by atoms with Gasteiger partial charge in [-0.15, -0.1) is 0 Å². The van der Waals surface area contributed by atoms with Gasteiger partial charge in [0.2, 0.25) is 0 Å². The Morgan fingerprint density at radius 1 is 0.429 bits per heavy atom. The van der Waals surface area contributed by atoms with Crippen LogP contribution in [0, 0.1) is 0 Å². The van der Waals surface area contributed by atoms with Gasteiger partial charge in [0.05, 0.1) is 26.2 Å². The second-order valence-corrected chi connectivity index (χ2v) is 3.61. The fraction of sp³-hybridized carbons (Fsp3) is 0. The smallest absolute Gasteiger partial charge is 0.719 e. The Morgan fingerprint density at radius 2 is 0.429 bits per heavy atom. The van der Waals surface area contributed by atoms with E-state index < -0.39 is 26.2 Å². The molecule has 0 aliphatic carbocycles. The predicted octanol–water partition coefficient (Wildman–Crippen LogP) is -1.94. The van der Waals surface area contributed by atoms with Gasteiger partial charge in [-0.05, 0) is 0 Å². The first-order valence-corrected chi connectivity index (χ1v) is 5.53. The van der Waals surface area contributed by atoms with Crippen LogP contribution in [0.5, 0.6) is 0 Å². The number of rotatable bonds is 0. The Kier molecular flexibility index (Phi) is 55.4. The van der Waals surface area contributed by atoms with Gasteiger partial charge >= 0.3 is 22.4 Å². The maximum absolute atomic E-state index is 9.04. The van der Waals surface area contributed by atoms with E-state index in [1.54, 1.807) is 0 Å². The number of nitrogens with two attached hydrogens (primary N) is 5. The van der Waals surface area contributed by atoms with Crippen LogP contribution in [-0.2, 0) is 85.5 Å². The van der Waals surface area contributed by atoms with Crippen LogP contribution in [0.15, 0.2) is 0 Å². The largest absolute Gasteiger partial charge is 5.00 e. The zero-order chi connectivity index (χ0) is 17.9. The van der Waals surface area contributed by atoms with Gasteiger partial charge in [0.15, 0.2) is 0 Å². The van der Waals surface area contributed by atoms with E-state index in [1.165, 1.54) is 0 Å². The van der Waals surface area contributed by atoms with Gasteiger partial charge in [0, 0.05) is 0 Å². The normalized spacial score (nSPS) is 5.71. The average Bonchev–Trinajstić information content (AvgIpc) is 1.94. The Hall–Kier alpha value is -0.810. The van der Waals surface area contributed by atoms with E-state index in [4.69, 9.17) is 24.0 Å². The molecule has 0 atom stereocenters. The molecule has 10 nitrogen and oxygen atoms in total. The molecule has 16 heteroatoms. The first-order chi connectivity index (χ1) is 8.66. The SMILES string of the molecule is NC(=O)[S-].NC(=O)[S-].NC(=O)[S-].NC(=O)[S-].NC(=O)[S-].[Ta+5]. The van der Waals surface area contributed by atoms with E-state index >= 15 is 0 Å². The molecule has 0 radical (unpaired) electrons. The second kappa shape index (κ2) is 31.5. The zero-order valence-corrected chi connectivity index (χ0v) is 17.2. The van der Waals surface area contributed by atoms with Crippen molar-refractivity contribution < 1.29 is 46.4 Å². The molecule has 5 amide bonds. The third kappa shape index (κ3) is 8650. The predicted molar refractivity (Wildman–Crippen MR) is 84.7 cm³/mol. The quantitative estimate of drug-likeness (QED) is 0.206. The van der Waals surface area contributed by atoms with Crippen molar-refractivity contribution in [3.63, 3.8) is 0 Å². The molecule has 0 aromatic carbocycles. The Bertz CT molecular complexity index is 231. The Labute approximate surface area is 163 Å². The standard InChI is InChI=1S/5CH3NOS.Ta/c5*2-1(3)4;/h5*(H3,2,3,4);/q;;;;;+5/p-5. The summed E-state index contributed by atoms with van der Waals surface area (Å²) in [6.07, 6.45) is 0. The number of carbonyl (C=O) groups is 5. The van der Waals surface area contributed by atoms with Gasteiger partial charge in [-0.1, -0.05) is 0 Å². The fourth-order valence-electron chi connectivity index (χ4n) is 0. The molecule has 0 bridgehead atoms. The van der Waals surface area contributed by atoms with Gasteiger partial charge in [-0.2, -0.15) is 0 Å². The second-order valence-electron chi connectivity index (χ2n) is 1.60. The molecule has 0 saturated carbocycles. The first kappa shape index (κ1) is 36.9. The summed E-state index contributed by atoms with van der Waals surface area (Å²) in [4.78, 5) is 45.2. The van der Waals surface area contributed by atoms with Crippen molar-refractivity contribution in [2.24, 2.45) is 28.7 Å². The van der Waals surface area contributed by atoms with E-state index in [2.05, 4.69) is 91.8 Å².